The van der Waals surface area contributed by atoms with Crippen molar-refractivity contribution >= 4 is 21.9 Å². The van der Waals surface area contributed by atoms with Gasteiger partial charge in [-0.1, -0.05) is 15.9 Å². The Morgan fingerprint density at radius 1 is 1.53 bits per heavy atom. The van der Waals surface area contributed by atoms with Gasteiger partial charge >= 0.3 is 5.97 Å². The molecule has 0 spiro atoms. The Labute approximate surface area is 120 Å². The second kappa shape index (κ2) is 5.21. The summed E-state index contributed by atoms with van der Waals surface area (Å²) in [6, 6.07) is 2.88. The molecule has 1 aliphatic heterocycles. The second-order valence-electron chi connectivity index (χ2n) is 5.02. The molecule has 0 aromatic heterocycles. The molecule has 0 fully saturated rings. The fourth-order valence-electron chi connectivity index (χ4n) is 2.54. The lowest BCUT2D eigenvalue weighted by atomic mass is 9.84. The van der Waals surface area contributed by atoms with Gasteiger partial charge in [-0.05, 0) is 49.1 Å². The van der Waals surface area contributed by atoms with E-state index >= 15 is 0 Å². The lowest BCUT2D eigenvalue weighted by molar-refractivity contribution is -0.139. The predicted molar refractivity (Wildman–Crippen MR) is 72.8 cm³/mol. The van der Waals surface area contributed by atoms with Gasteiger partial charge in [0.1, 0.15) is 10.6 Å². The van der Waals surface area contributed by atoms with Crippen molar-refractivity contribution in [3.05, 3.63) is 34.6 Å². The van der Waals surface area contributed by atoms with Crippen molar-refractivity contribution in [2.45, 2.75) is 30.7 Å². The molecule has 5 heteroatoms. The van der Waals surface area contributed by atoms with Gasteiger partial charge in [-0.2, -0.15) is 0 Å². The quantitative estimate of drug-likeness (QED) is 0.616. The summed E-state index contributed by atoms with van der Waals surface area (Å²) in [6.07, 6.45) is 0.643. The number of hydrogen-bond acceptors (Lipinski definition) is 3. The molecule has 0 radical (unpaired) electrons. The number of fused-ring (bicyclic) bond motifs is 1. The average Bonchev–Trinajstić information content (AvgIpc) is 2.35. The van der Waals surface area contributed by atoms with Gasteiger partial charge in [-0.15, -0.1) is 0 Å². The molecule has 1 atom stereocenters. The van der Waals surface area contributed by atoms with Gasteiger partial charge in [0.05, 0.1) is 19.3 Å². The van der Waals surface area contributed by atoms with Gasteiger partial charge in [-0.25, -0.2) is 4.39 Å². The highest BCUT2D eigenvalue weighted by atomic mass is 79.9. The maximum absolute atomic E-state index is 13.7. The predicted octanol–water partition coefficient (Wildman–Crippen LogP) is 3.24. The van der Waals surface area contributed by atoms with Gasteiger partial charge < -0.3 is 9.47 Å². The molecule has 3 nitrogen and oxygen atoms in total. The summed E-state index contributed by atoms with van der Waals surface area (Å²) in [4.78, 5) is 11.0. The van der Waals surface area contributed by atoms with E-state index < -0.39 is 16.4 Å². The SMILES string of the molecule is COC(=O)C(Br)c1cc(F)cc2c1C(C)(C)OCC2. The van der Waals surface area contributed by atoms with Crippen LogP contribution in [0.2, 0.25) is 0 Å². The summed E-state index contributed by atoms with van der Waals surface area (Å²) in [5.41, 5.74) is 1.79. The van der Waals surface area contributed by atoms with Crippen LogP contribution in [0.25, 0.3) is 0 Å². The van der Waals surface area contributed by atoms with Gasteiger partial charge in [0, 0.05) is 0 Å². The van der Waals surface area contributed by atoms with E-state index in [1.807, 2.05) is 13.8 Å². The summed E-state index contributed by atoms with van der Waals surface area (Å²) in [6.45, 7) is 4.39. The number of alkyl halides is 1. The number of halogens is 2. The van der Waals surface area contributed by atoms with Crippen LogP contribution in [0, 0.1) is 5.82 Å². The first-order chi connectivity index (χ1) is 8.86. The zero-order valence-corrected chi connectivity index (χ0v) is 12.7. The van der Waals surface area contributed by atoms with Crippen LogP contribution in [0.15, 0.2) is 12.1 Å². The molecule has 0 saturated carbocycles. The summed E-state index contributed by atoms with van der Waals surface area (Å²) in [5.74, 6) is -0.797. The molecule has 19 heavy (non-hydrogen) atoms. The van der Waals surface area contributed by atoms with Crippen molar-refractivity contribution in [3.8, 4) is 0 Å². The maximum atomic E-state index is 13.7. The molecule has 0 aliphatic carbocycles. The number of ether oxygens (including phenoxy) is 2. The number of carbonyl (C=O) groups excluding carboxylic acids is 1. The van der Waals surface area contributed by atoms with Crippen molar-refractivity contribution in [1.82, 2.24) is 0 Å². The summed E-state index contributed by atoms with van der Waals surface area (Å²) in [5, 5.41) is 0. The second-order valence-corrected chi connectivity index (χ2v) is 5.94. The molecule has 1 aromatic rings. The Morgan fingerprint density at radius 3 is 2.84 bits per heavy atom. The summed E-state index contributed by atoms with van der Waals surface area (Å²) < 4.78 is 24.2. The lowest BCUT2D eigenvalue weighted by Crippen LogP contribution is -2.32. The van der Waals surface area contributed by atoms with E-state index in [-0.39, 0.29) is 5.82 Å². The molecule has 1 heterocycles. The Balaban J connectivity index is 2.60. The highest BCUT2D eigenvalue weighted by Crippen LogP contribution is 2.40. The van der Waals surface area contributed by atoms with Crippen molar-refractivity contribution < 1.29 is 18.7 Å². The number of rotatable bonds is 2. The zero-order chi connectivity index (χ0) is 14.2. The van der Waals surface area contributed by atoms with Crippen molar-refractivity contribution in [2.75, 3.05) is 13.7 Å². The Hall–Kier alpha value is -0.940. The minimum absolute atomic E-state index is 0.347. The smallest absolute Gasteiger partial charge is 0.324 e. The van der Waals surface area contributed by atoms with E-state index in [1.165, 1.54) is 19.2 Å². The zero-order valence-electron chi connectivity index (χ0n) is 11.1. The molecule has 0 saturated heterocycles. The third-order valence-electron chi connectivity index (χ3n) is 3.33. The van der Waals surface area contributed by atoms with Gasteiger partial charge in [0.25, 0.3) is 0 Å². The van der Waals surface area contributed by atoms with Crippen molar-refractivity contribution in [3.63, 3.8) is 0 Å². The van der Waals surface area contributed by atoms with Gasteiger partial charge in [0.15, 0.2) is 0 Å². The molecule has 104 valence electrons. The van der Waals surface area contributed by atoms with Crippen LogP contribution in [0.3, 0.4) is 0 Å². The highest BCUT2D eigenvalue weighted by molar-refractivity contribution is 9.09. The van der Waals surface area contributed by atoms with E-state index in [2.05, 4.69) is 15.9 Å². The minimum Gasteiger partial charge on any atom is -0.468 e. The third kappa shape index (κ3) is 2.67. The standard InChI is InChI=1S/C14H16BrFO3/c1-14(2)11-8(4-5-19-14)6-9(16)7-10(11)12(15)13(17)18-3/h6-7,12H,4-5H2,1-3H3. The van der Waals surface area contributed by atoms with Crippen LogP contribution in [0.4, 0.5) is 4.39 Å². The van der Waals surface area contributed by atoms with Crippen LogP contribution >= 0.6 is 15.9 Å². The van der Waals surface area contributed by atoms with Gasteiger partial charge in [-0.3, -0.25) is 4.79 Å². The average molecular weight is 331 g/mol. The summed E-state index contributed by atoms with van der Waals surface area (Å²) in [7, 11) is 1.31. The molecule has 2 rings (SSSR count). The molecule has 1 unspecified atom stereocenters. The van der Waals surface area contributed by atoms with Crippen LogP contribution < -0.4 is 0 Å². The van der Waals surface area contributed by atoms with E-state index in [0.717, 1.165) is 11.1 Å². The Kier molecular flexibility index (Phi) is 3.97. The fourth-order valence-corrected chi connectivity index (χ4v) is 3.08. The molecular formula is C14H16BrFO3. The topological polar surface area (TPSA) is 35.5 Å². The van der Waals surface area contributed by atoms with E-state index in [4.69, 9.17) is 9.47 Å². The largest absolute Gasteiger partial charge is 0.468 e. The third-order valence-corrected chi connectivity index (χ3v) is 4.20. The number of esters is 1. The van der Waals surface area contributed by atoms with Gasteiger partial charge in [0.2, 0.25) is 0 Å². The molecular weight excluding hydrogens is 315 g/mol. The van der Waals surface area contributed by atoms with Crippen LogP contribution in [-0.2, 0) is 26.3 Å². The lowest BCUT2D eigenvalue weighted by Gasteiger charge is -2.35. The van der Waals surface area contributed by atoms with Crippen molar-refractivity contribution in [1.29, 1.82) is 0 Å². The van der Waals surface area contributed by atoms with E-state index in [1.54, 1.807) is 0 Å². The maximum Gasteiger partial charge on any atom is 0.324 e. The molecule has 0 bridgehead atoms. The molecule has 0 amide bonds. The Bertz CT molecular complexity index is 514. The normalized spacial score (nSPS) is 18.6. The first-order valence-corrected chi connectivity index (χ1v) is 6.97. The first-order valence-electron chi connectivity index (χ1n) is 6.05. The summed E-state index contributed by atoms with van der Waals surface area (Å²) >= 11 is 3.28. The first kappa shape index (κ1) is 14.5. The number of hydrogen-bond donors (Lipinski definition) is 0. The monoisotopic (exact) mass is 330 g/mol. The van der Waals surface area contributed by atoms with Crippen LogP contribution in [0.5, 0.6) is 0 Å². The van der Waals surface area contributed by atoms with E-state index in [0.29, 0.717) is 18.6 Å². The van der Waals surface area contributed by atoms with Crippen LogP contribution in [-0.4, -0.2) is 19.7 Å². The molecule has 1 aliphatic rings. The fraction of sp³-hybridized carbons (Fsp3) is 0.500. The minimum atomic E-state index is -0.692. The van der Waals surface area contributed by atoms with Crippen LogP contribution in [0.1, 0.15) is 35.4 Å². The number of methoxy groups -OCH3 is 1. The molecule has 0 N–H and O–H groups in total. The molecule has 1 aromatic carbocycles. The highest BCUT2D eigenvalue weighted by Gasteiger charge is 2.35. The number of benzene rings is 1. The van der Waals surface area contributed by atoms with E-state index in [9.17, 15) is 9.18 Å². The Morgan fingerprint density at radius 2 is 2.21 bits per heavy atom. The number of carbonyl (C=O) groups is 1. The van der Waals surface area contributed by atoms with Crippen molar-refractivity contribution in [2.24, 2.45) is 0 Å².